The van der Waals surface area contributed by atoms with Gasteiger partial charge in [0.2, 0.25) is 0 Å². The summed E-state index contributed by atoms with van der Waals surface area (Å²) in [6.45, 7) is 0. The van der Waals surface area contributed by atoms with Gasteiger partial charge in [0.1, 0.15) is 9.79 Å². The highest BCUT2D eigenvalue weighted by Crippen LogP contribution is 2.27. The molecule has 0 aliphatic heterocycles. The van der Waals surface area contributed by atoms with E-state index in [0.29, 0.717) is 0 Å². The Hall–Kier alpha value is -2.40. The molecule has 0 heterocycles. The van der Waals surface area contributed by atoms with Crippen molar-refractivity contribution >= 4 is 43.8 Å². The van der Waals surface area contributed by atoms with Gasteiger partial charge in [-0.15, -0.1) is 0 Å². The largest absolute Gasteiger partial charge is 0.398 e. The predicted molar refractivity (Wildman–Crippen MR) is 90.3 cm³/mol. The molecule has 0 spiro atoms. The van der Waals surface area contributed by atoms with E-state index in [4.69, 9.17) is 11.5 Å². The van der Waals surface area contributed by atoms with Crippen molar-refractivity contribution in [2.75, 3.05) is 11.5 Å². The number of rotatable bonds is 4. The van der Waals surface area contributed by atoms with Crippen LogP contribution in [-0.4, -0.2) is 25.9 Å². The smallest absolute Gasteiger partial charge is 0.295 e. The molecule has 0 atom stereocenters. The second-order valence-electron chi connectivity index (χ2n) is 4.80. The first-order valence-electron chi connectivity index (χ1n) is 6.42. The van der Waals surface area contributed by atoms with Crippen LogP contribution in [0.2, 0.25) is 0 Å². The van der Waals surface area contributed by atoms with Crippen molar-refractivity contribution < 1.29 is 25.9 Å². The van der Waals surface area contributed by atoms with Crippen LogP contribution < -0.4 is 11.5 Å². The van der Waals surface area contributed by atoms with Crippen LogP contribution in [0.5, 0.6) is 0 Å². The molecule has 0 saturated heterocycles. The Balaban J connectivity index is 2.68. The van der Waals surface area contributed by atoms with E-state index >= 15 is 0 Å². The summed E-state index contributed by atoms with van der Waals surface area (Å²) in [4.78, 5) is -0.886. The summed E-state index contributed by atoms with van der Waals surface area (Å²) in [5, 5.41) is 0. The van der Waals surface area contributed by atoms with Crippen LogP contribution in [0, 0.1) is 0 Å². The van der Waals surface area contributed by atoms with Crippen LogP contribution in [0.3, 0.4) is 0 Å². The summed E-state index contributed by atoms with van der Waals surface area (Å²) in [5.41, 5.74) is 11.5. The second-order valence-corrected chi connectivity index (χ2v) is 7.58. The first-order valence-corrected chi connectivity index (χ1v) is 9.30. The molecule has 2 rings (SSSR count). The fraction of sp³-hybridized carbons (Fsp3) is 0. The van der Waals surface area contributed by atoms with Crippen LogP contribution in [0.15, 0.2) is 46.2 Å². The lowest BCUT2D eigenvalue weighted by Gasteiger charge is -2.08. The molecule has 6 N–H and O–H groups in total. The third-order valence-corrected chi connectivity index (χ3v) is 5.00. The number of benzene rings is 2. The number of anilines is 2. The summed E-state index contributed by atoms with van der Waals surface area (Å²) in [6, 6.07) is 7.79. The van der Waals surface area contributed by atoms with Crippen LogP contribution in [-0.2, 0) is 20.2 Å². The van der Waals surface area contributed by atoms with E-state index in [-0.39, 0.29) is 22.5 Å². The molecule has 0 bridgehead atoms. The van der Waals surface area contributed by atoms with Gasteiger partial charge in [-0.3, -0.25) is 9.11 Å². The normalized spacial score (nSPS) is 12.6. The maximum absolute atomic E-state index is 11.4. The van der Waals surface area contributed by atoms with E-state index in [2.05, 4.69) is 0 Å². The molecular weight excluding hydrogens is 356 g/mol. The molecular formula is C14H14N2O6S2. The molecule has 0 aliphatic carbocycles. The summed E-state index contributed by atoms with van der Waals surface area (Å²) in [7, 11) is -9.08. The molecule has 0 radical (unpaired) electrons. The monoisotopic (exact) mass is 370 g/mol. The molecule has 0 aliphatic rings. The zero-order chi connectivity index (χ0) is 18.1. The van der Waals surface area contributed by atoms with E-state index in [1.807, 2.05) is 0 Å². The fourth-order valence-corrected chi connectivity index (χ4v) is 3.52. The summed E-state index contributed by atoms with van der Waals surface area (Å²) >= 11 is 0. The number of hydrogen-bond acceptors (Lipinski definition) is 6. The van der Waals surface area contributed by atoms with Crippen LogP contribution in [0.4, 0.5) is 11.4 Å². The first-order chi connectivity index (χ1) is 11.0. The van der Waals surface area contributed by atoms with Crippen molar-refractivity contribution in [2.24, 2.45) is 0 Å². The molecule has 0 unspecified atom stereocenters. The SMILES string of the molecule is Nc1cccc(S(=O)(=O)O)c1C=Cc1c(N)cccc1S(=O)(=O)O. The molecule has 8 nitrogen and oxygen atoms in total. The molecule has 0 aromatic heterocycles. The second kappa shape index (κ2) is 6.24. The molecule has 0 fully saturated rings. The quantitative estimate of drug-likeness (QED) is 0.358. The van der Waals surface area contributed by atoms with Crippen molar-refractivity contribution in [1.29, 1.82) is 0 Å². The number of nitrogen functional groups attached to an aromatic ring is 2. The van der Waals surface area contributed by atoms with Crippen molar-refractivity contribution in [2.45, 2.75) is 9.79 Å². The first kappa shape index (κ1) is 17.9. The predicted octanol–water partition coefficient (Wildman–Crippen LogP) is 1.51. The van der Waals surface area contributed by atoms with Gasteiger partial charge in [0.05, 0.1) is 0 Å². The van der Waals surface area contributed by atoms with Crippen LogP contribution >= 0.6 is 0 Å². The van der Waals surface area contributed by atoms with Crippen LogP contribution in [0.25, 0.3) is 12.2 Å². The Morgan fingerprint density at radius 3 is 1.33 bits per heavy atom. The summed E-state index contributed by atoms with van der Waals surface area (Å²) in [5.74, 6) is 0. The van der Waals surface area contributed by atoms with E-state index in [0.717, 1.165) is 12.1 Å². The van der Waals surface area contributed by atoms with Gasteiger partial charge in [-0.2, -0.15) is 16.8 Å². The zero-order valence-corrected chi connectivity index (χ0v) is 13.8. The highest BCUT2D eigenvalue weighted by molar-refractivity contribution is 7.86. The Labute approximate surface area is 138 Å². The number of nitrogens with two attached hydrogens (primary N) is 2. The molecule has 24 heavy (non-hydrogen) atoms. The van der Waals surface area contributed by atoms with Crippen molar-refractivity contribution in [3.05, 3.63) is 47.5 Å². The van der Waals surface area contributed by atoms with Crippen molar-refractivity contribution in [3.63, 3.8) is 0 Å². The van der Waals surface area contributed by atoms with E-state index in [1.54, 1.807) is 0 Å². The molecule has 0 amide bonds. The minimum atomic E-state index is -4.54. The maximum atomic E-state index is 11.4. The Morgan fingerprint density at radius 1 is 0.708 bits per heavy atom. The maximum Gasteiger partial charge on any atom is 0.295 e. The van der Waals surface area contributed by atoms with Gasteiger partial charge in [0.25, 0.3) is 20.2 Å². The van der Waals surface area contributed by atoms with E-state index in [1.165, 1.54) is 36.4 Å². The third kappa shape index (κ3) is 3.74. The van der Waals surface area contributed by atoms with E-state index in [9.17, 15) is 25.9 Å². The molecule has 2 aromatic carbocycles. The van der Waals surface area contributed by atoms with Crippen molar-refractivity contribution in [3.8, 4) is 0 Å². The Kier molecular flexibility index (Phi) is 4.67. The molecule has 0 saturated carbocycles. The summed E-state index contributed by atoms with van der Waals surface area (Å²) < 4.78 is 64.2. The van der Waals surface area contributed by atoms with Gasteiger partial charge in [-0.25, -0.2) is 0 Å². The Morgan fingerprint density at radius 2 is 1.04 bits per heavy atom. The molecule has 10 heteroatoms. The van der Waals surface area contributed by atoms with Crippen molar-refractivity contribution in [1.82, 2.24) is 0 Å². The zero-order valence-electron chi connectivity index (χ0n) is 12.1. The van der Waals surface area contributed by atoms with Gasteiger partial charge in [0, 0.05) is 22.5 Å². The third-order valence-electron chi connectivity index (χ3n) is 3.17. The average molecular weight is 370 g/mol. The Bertz CT molecular complexity index is 944. The summed E-state index contributed by atoms with van der Waals surface area (Å²) in [6.07, 6.45) is 2.39. The topological polar surface area (TPSA) is 161 Å². The lowest BCUT2D eigenvalue weighted by atomic mass is 10.1. The van der Waals surface area contributed by atoms with Gasteiger partial charge in [-0.05, 0) is 24.3 Å². The minimum absolute atomic E-state index is 0.0375. The highest BCUT2D eigenvalue weighted by Gasteiger charge is 2.18. The minimum Gasteiger partial charge on any atom is -0.398 e. The van der Waals surface area contributed by atoms with E-state index < -0.39 is 30.0 Å². The van der Waals surface area contributed by atoms with Gasteiger partial charge in [-0.1, -0.05) is 24.3 Å². The number of hydrogen-bond donors (Lipinski definition) is 4. The fourth-order valence-electron chi connectivity index (χ4n) is 2.10. The molecule has 128 valence electrons. The molecule has 2 aromatic rings. The standard InChI is InChI=1S/C14H14N2O6S2/c15-11-3-1-5-13(23(17,18)19)9(11)7-8-10-12(16)4-2-6-14(10)24(20,21)22/h1-8H,15-16H2,(H,17,18,19)(H,20,21,22). The van der Waals surface area contributed by atoms with Gasteiger partial charge < -0.3 is 11.5 Å². The van der Waals surface area contributed by atoms with Gasteiger partial charge in [0.15, 0.2) is 0 Å². The lowest BCUT2D eigenvalue weighted by molar-refractivity contribution is 0.480. The van der Waals surface area contributed by atoms with Gasteiger partial charge >= 0.3 is 0 Å². The average Bonchev–Trinajstić information content (AvgIpc) is 2.44. The highest BCUT2D eigenvalue weighted by atomic mass is 32.2. The lowest BCUT2D eigenvalue weighted by Crippen LogP contribution is -2.04. The van der Waals surface area contributed by atoms with Crippen LogP contribution in [0.1, 0.15) is 11.1 Å².